The zero-order valence-electron chi connectivity index (χ0n) is 13.0. The maximum Gasteiger partial charge on any atom is 0.234 e. The average molecular weight is 316 g/mol. The van der Waals surface area contributed by atoms with Gasteiger partial charge in [0.2, 0.25) is 5.91 Å². The second kappa shape index (κ2) is 7.26. The summed E-state index contributed by atoms with van der Waals surface area (Å²) in [6.45, 7) is 6.05. The molecule has 0 bridgehead atoms. The minimum atomic E-state index is -0.0817. The van der Waals surface area contributed by atoms with Gasteiger partial charge in [-0.25, -0.2) is 9.97 Å². The molecule has 0 saturated carbocycles. The first kappa shape index (κ1) is 16.3. The Kier molecular flexibility index (Phi) is 5.38. The molecule has 1 aromatic heterocycles. The van der Waals surface area contributed by atoms with Crippen molar-refractivity contribution < 1.29 is 4.79 Å². The fourth-order valence-corrected chi connectivity index (χ4v) is 2.77. The summed E-state index contributed by atoms with van der Waals surface area (Å²) in [5.74, 6) is 0.932. The van der Waals surface area contributed by atoms with Crippen LogP contribution in [-0.4, -0.2) is 21.6 Å². The van der Waals surface area contributed by atoms with Gasteiger partial charge in [-0.15, -0.1) is 0 Å². The van der Waals surface area contributed by atoms with E-state index in [0.717, 1.165) is 16.9 Å². The van der Waals surface area contributed by atoms with Gasteiger partial charge in [-0.1, -0.05) is 43.8 Å². The minimum Gasteiger partial charge on any atom is -0.384 e. The van der Waals surface area contributed by atoms with Crippen molar-refractivity contribution >= 4 is 29.2 Å². The second-order valence-electron chi connectivity index (χ2n) is 5.30. The van der Waals surface area contributed by atoms with Gasteiger partial charge in [0.1, 0.15) is 5.82 Å². The number of nitrogen functional groups attached to an aromatic ring is 1. The number of thioether (sulfide) groups is 1. The summed E-state index contributed by atoms with van der Waals surface area (Å²) in [5, 5.41) is 3.46. The summed E-state index contributed by atoms with van der Waals surface area (Å²) in [5.41, 5.74) is 8.45. The van der Waals surface area contributed by atoms with E-state index in [-0.39, 0.29) is 11.7 Å². The Balaban J connectivity index is 1.99. The summed E-state index contributed by atoms with van der Waals surface area (Å²) in [6, 6.07) is 9.53. The highest BCUT2D eigenvalue weighted by Crippen LogP contribution is 2.24. The van der Waals surface area contributed by atoms with E-state index in [1.807, 2.05) is 31.2 Å². The minimum absolute atomic E-state index is 0.0817. The molecule has 0 atom stereocenters. The monoisotopic (exact) mass is 316 g/mol. The van der Waals surface area contributed by atoms with Crippen LogP contribution in [0.25, 0.3) is 0 Å². The number of benzene rings is 1. The largest absolute Gasteiger partial charge is 0.384 e. The van der Waals surface area contributed by atoms with Crippen molar-refractivity contribution in [1.82, 2.24) is 9.97 Å². The van der Waals surface area contributed by atoms with Crippen molar-refractivity contribution in [3.8, 4) is 0 Å². The SMILES string of the molecule is Cc1cc(N)nc(SCC(=O)Nc2ccccc2C(C)C)n1. The number of hydrogen-bond acceptors (Lipinski definition) is 5. The number of hydrogen-bond donors (Lipinski definition) is 2. The molecule has 6 heteroatoms. The number of nitrogens with zero attached hydrogens (tertiary/aromatic N) is 2. The van der Waals surface area contributed by atoms with Gasteiger partial charge in [-0.3, -0.25) is 4.79 Å². The second-order valence-corrected chi connectivity index (χ2v) is 6.24. The fraction of sp³-hybridized carbons (Fsp3) is 0.312. The van der Waals surface area contributed by atoms with E-state index in [2.05, 4.69) is 29.1 Å². The summed E-state index contributed by atoms with van der Waals surface area (Å²) in [7, 11) is 0. The molecule has 5 nitrogen and oxygen atoms in total. The molecule has 2 rings (SSSR count). The van der Waals surface area contributed by atoms with Gasteiger partial charge in [0.25, 0.3) is 0 Å². The third-order valence-electron chi connectivity index (χ3n) is 3.04. The number of aromatic nitrogens is 2. The first-order valence-electron chi connectivity index (χ1n) is 7.08. The highest BCUT2D eigenvalue weighted by Gasteiger charge is 2.10. The highest BCUT2D eigenvalue weighted by atomic mass is 32.2. The average Bonchev–Trinajstić information content (AvgIpc) is 2.44. The molecule has 1 heterocycles. The van der Waals surface area contributed by atoms with Crippen molar-refractivity contribution in [3.63, 3.8) is 0 Å². The maximum absolute atomic E-state index is 12.1. The summed E-state index contributed by atoms with van der Waals surface area (Å²) in [4.78, 5) is 20.5. The molecule has 0 aliphatic carbocycles. The van der Waals surface area contributed by atoms with Crippen LogP contribution in [0.5, 0.6) is 0 Å². The third kappa shape index (κ3) is 4.46. The number of rotatable bonds is 5. The van der Waals surface area contributed by atoms with Gasteiger partial charge < -0.3 is 11.1 Å². The van der Waals surface area contributed by atoms with Crippen molar-refractivity contribution in [1.29, 1.82) is 0 Å². The summed E-state index contributed by atoms with van der Waals surface area (Å²) >= 11 is 1.28. The molecule has 0 unspecified atom stereocenters. The lowest BCUT2D eigenvalue weighted by Gasteiger charge is -2.13. The van der Waals surface area contributed by atoms with Crippen LogP contribution in [0.1, 0.15) is 31.0 Å². The van der Waals surface area contributed by atoms with Gasteiger partial charge >= 0.3 is 0 Å². The number of para-hydroxylation sites is 1. The molecule has 116 valence electrons. The van der Waals surface area contributed by atoms with E-state index in [1.54, 1.807) is 6.07 Å². The highest BCUT2D eigenvalue weighted by molar-refractivity contribution is 7.99. The molecule has 0 spiro atoms. The maximum atomic E-state index is 12.1. The molecule has 1 aromatic carbocycles. The zero-order valence-corrected chi connectivity index (χ0v) is 13.8. The summed E-state index contributed by atoms with van der Waals surface area (Å²) in [6.07, 6.45) is 0. The predicted molar refractivity (Wildman–Crippen MR) is 91.1 cm³/mol. The number of nitrogens with two attached hydrogens (primary N) is 1. The Morgan fingerprint density at radius 2 is 2.05 bits per heavy atom. The van der Waals surface area contributed by atoms with Crippen LogP contribution >= 0.6 is 11.8 Å². The zero-order chi connectivity index (χ0) is 16.1. The van der Waals surface area contributed by atoms with Crippen molar-refractivity contribution in [2.45, 2.75) is 31.8 Å². The van der Waals surface area contributed by atoms with Crippen LogP contribution in [0.4, 0.5) is 11.5 Å². The summed E-state index contributed by atoms with van der Waals surface area (Å²) < 4.78 is 0. The van der Waals surface area contributed by atoms with E-state index >= 15 is 0 Å². The van der Waals surface area contributed by atoms with E-state index in [4.69, 9.17) is 5.73 Å². The molecule has 0 aliphatic rings. The lowest BCUT2D eigenvalue weighted by atomic mass is 10.0. The Bertz CT molecular complexity index is 653. The molecule has 1 amide bonds. The number of nitrogens with one attached hydrogen (secondary N) is 1. The van der Waals surface area contributed by atoms with Crippen LogP contribution in [0.15, 0.2) is 35.5 Å². The topological polar surface area (TPSA) is 80.9 Å². The number of carbonyl (C=O) groups excluding carboxylic acids is 1. The molecule has 0 aliphatic heterocycles. The van der Waals surface area contributed by atoms with Gasteiger partial charge in [-0.05, 0) is 24.5 Å². The third-order valence-corrected chi connectivity index (χ3v) is 3.89. The Morgan fingerprint density at radius 3 is 2.73 bits per heavy atom. The normalized spacial score (nSPS) is 10.7. The first-order valence-corrected chi connectivity index (χ1v) is 8.07. The van der Waals surface area contributed by atoms with Gasteiger partial charge in [0, 0.05) is 17.4 Å². The van der Waals surface area contributed by atoms with Gasteiger partial charge in [0.05, 0.1) is 5.75 Å². The first-order chi connectivity index (χ1) is 10.5. The molecular formula is C16H20N4OS. The molecule has 3 N–H and O–H groups in total. The van der Waals surface area contributed by atoms with Gasteiger partial charge in [0.15, 0.2) is 5.16 Å². The van der Waals surface area contributed by atoms with Crippen molar-refractivity contribution in [3.05, 3.63) is 41.6 Å². The Hall–Kier alpha value is -2.08. The van der Waals surface area contributed by atoms with Crippen LogP contribution in [0.3, 0.4) is 0 Å². The molecule has 22 heavy (non-hydrogen) atoms. The van der Waals surface area contributed by atoms with Crippen molar-refractivity contribution in [2.75, 3.05) is 16.8 Å². The van der Waals surface area contributed by atoms with E-state index in [9.17, 15) is 4.79 Å². The van der Waals surface area contributed by atoms with Crippen LogP contribution in [0, 0.1) is 6.92 Å². The van der Waals surface area contributed by atoms with E-state index < -0.39 is 0 Å². The standard InChI is InChI=1S/C16H20N4OS/c1-10(2)12-6-4-5-7-13(12)19-15(21)9-22-16-18-11(3)8-14(17)20-16/h4-8,10H,9H2,1-3H3,(H,19,21)(H2,17,18,20). The van der Waals surface area contributed by atoms with Crippen LogP contribution in [0.2, 0.25) is 0 Å². The van der Waals surface area contributed by atoms with Crippen LogP contribution in [-0.2, 0) is 4.79 Å². The van der Waals surface area contributed by atoms with Crippen LogP contribution < -0.4 is 11.1 Å². The fourth-order valence-electron chi connectivity index (χ4n) is 2.06. The smallest absolute Gasteiger partial charge is 0.234 e. The van der Waals surface area contributed by atoms with Crippen molar-refractivity contribution in [2.24, 2.45) is 0 Å². The molecule has 2 aromatic rings. The number of anilines is 2. The Morgan fingerprint density at radius 1 is 1.32 bits per heavy atom. The van der Waals surface area contributed by atoms with E-state index in [0.29, 0.717) is 16.9 Å². The Labute approximate surface area is 134 Å². The molecule has 0 saturated heterocycles. The number of amides is 1. The lowest BCUT2D eigenvalue weighted by molar-refractivity contribution is -0.113. The van der Waals surface area contributed by atoms with E-state index in [1.165, 1.54) is 11.8 Å². The predicted octanol–water partition coefficient (Wildman–Crippen LogP) is 3.22. The number of carbonyl (C=O) groups is 1. The number of aryl methyl sites for hydroxylation is 1. The quantitative estimate of drug-likeness (QED) is 0.654. The van der Waals surface area contributed by atoms with Gasteiger partial charge in [-0.2, -0.15) is 0 Å². The lowest BCUT2D eigenvalue weighted by Crippen LogP contribution is -2.16. The molecular weight excluding hydrogens is 296 g/mol. The molecule has 0 fully saturated rings. The molecule has 0 radical (unpaired) electrons.